The van der Waals surface area contributed by atoms with Gasteiger partial charge in [0, 0.05) is 19.9 Å². The number of nitrogens with one attached hydrogen (secondary N) is 1. The monoisotopic (exact) mass is 229 g/mol. The van der Waals surface area contributed by atoms with Gasteiger partial charge in [-0.25, -0.2) is 0 Å². The zero-order valence-electron chi connectivity index (χ0n) is 10.8. The number of amides is 1. The largest absolute Gasteiger partial charge is 0.460 e. The molecule has 0 unspecified atom stereocenters. The summed E-state index contributed by atoms with van der Waals surface area (Å²) in [6.07, 6.45) is 3.10. The second-order valence-electron chi connectivity index (χ2n) is 4.88. The summed E-state index contributed by atoms with van der Waals surface area (Å²) in [6.45, 7) is 7.77. The second-order valence-corrected chi connectivity index (χ2v) is 4.88. The van der Waals surface area contributed by atoms with Crippen LogP contribution in [-0.2, 0) is 14.3 Å². The lowest BCUT2D eigenvalue weighted by atomic mass is 10.1. The summed E-state index contributed by atoms with van der Waals surface area (Å²) in [5.41, 5.74) is -0.396. The maximum Gasteiger partial charge on any atom is 0.306 e. The maximum atomic E-state index is 11.3. The van der Waals surface area contributed by atoms with Gasteiger partial charge in [-0.3, -0.25) is 9.59 Å². The molecule has 0 radical (unpaired) electrons. The molecule has 0 aromatic heterocycles. The minimum absolute atomic E-state index is 0.00728. The third-order valence-corrected chi connectivity index (χ3v) is 1.85. The molecule has 0 spiro atoms. The number of rotatable bonds is 6. The van der Waals surface area contributed by atoms with Crippen LogP contribution in [0.4, 0.5) is 0 Å². The van der Waals surface area contributed by atoms with E-state index in [1.54, 1.807) is 0 Å². The molecule has 0 aliphatic heterocycles. The molecular weight excluding hydrogens is 206 g/mol. The highest BCUT2D eigenvalue weighted by molar-refractivity contribution is 5.72. The quantitative estimate of drug-likeness (QED) is 0.560. The van der Waals surface area contributed by atoms with Crippen LogP contribution >= 0.6 is 0 Å². The summed E-state index contributed by atoms with van der Waals surface area (Å²) in [5, 5.41) is 2.72. The summed E-state index contributed by atoms with van der Waals surface area (Å²) < 4.78 is 5.17. The standard InChI is InChI=1S/C12H23NO3/c1-10(14)13-9-7-5-6-8-11(15)16-12(2,3)4/h5-9H2,1-4H3,(H,13,14). The van der Waals surface area contributed by atoms with Gasteiger partial charge < -0.3 is 10.1 Å². The molecule has 0 atom stereocenters. The average Bonchev–Trinajstić information content (AvgIpc) is 2.07. The van der Waals surface area contributed by atoms with E-state index in [0.29, 0.717) is 13.0 Å². The van der Waals surface area contributed by atoms with E-state index < -0.39 is 5.60 Å². The first-order valence-corrected chi connectivity index (χ1v) is 5.77. The molecule has 94 valence electrons. The van der Waals surface area contributed by atoms with E-state index in [2.05, 4.69) is 5.32 Å². The molecule has 0 aliphatic rings. The smallest absolute Gasteiger partial charge is 0.306 e. The van der Waals surface area contributed by atoms with Crippen molar-refractivity contribution >= 4 is 11.9 Å². The molecule has 4 heteroatoms. The highest BCUT2D eigenvalue weighted by Gasteiger charge is 2.15. The normalized spacial score (nSPS) is 11.0. The molecule has 1 N–H and O–H groups in total. The Morgan fingerprint density at radius 1 is 1.12 bits per heavy atom. The fourth-order valence-corrected chi connectivity index (χ4v) is 1.23. The molecule has 0 saturated heterocycles. The molecule has 4 nitrogen and oxygen atoms in total. The zero-order valence-corrected chi connectivity index (χ0v) is 10.8. The van der Waals surface area contributed by atoms with Crippen molar-refractivity contribution in [3.8, 4) is 0 Å². The Hall–Kier alpha value is -1.06. The van der Waals surface area contributed by atoms with E-state index >= 15 is 0 Å². The molecule has 0 saturated carbocycles. The highest BCUT2D eigenvalue weighted by atomic mass is 16.6. The van der Waals surface area contributed by atoms with Crippen molar-refractivity contribution in [1.29, 1.82) is 0 Å². The average molecular weight is 229 g/mol. The first-order chi connectivity index (χ1) is 7.31. The van der Waals surface area contributed by atoms with Crippen LogP contribution in [0.15, 0.2) is 0 Å². The van der Waals surface area contributed by atoms with Crippen molar-refractivity contribution in [2.45, 2.75) is 59.0 Å². The third-order valence-electron chi connectivity index (χ3n) is 1.85. The first-order valence-electron chi connectivity index (χ1n) is 5.77. The molecule has 0 heterocycles. The van der Waals surface area contributed by atoms with Crippen LogP contribution in [0.2, 0.25) is 0 Å². The van der Waals surface area contributed by atoms with Gasteiger partial charge in [-0.15, -0.1) is 0 Å². The van der Waals surface area contributed by atoms with E-state index in [0.717, 1.165) is 19.3 Å². The van der Waals surface area contributed by atoms with Gasteiger partial charge >= 0.3 is 5.97 Å². The van der Waals surface area contributed by atoms with Crippen molar-refractivity contribution in [2.75, 3.05) is 6.54 Å². The van der Waals surface area contributed by atoms with E-state index in [1.807, 2.05) is 20.8 Å². The van der Waals surface area contributed by atoms with Crippen molar-refractivity contribution in [1.82, 2.24) is 5.32 Å². The van der Waals surface area contributed by atoms with Crippen LogP contribution in [0.1, 0.15) is 53.4 Å². The van der Waals surface area contributed by atoms with Crippen LogP contribution in [0.5, 0.6) is 0 Å². The predicted octanol–water partition coefficient (Wildman–Crippen LogP) is 2.02. The van der Waals surface area contributed by atoms with Crippen LogP contribution in [0, 0.1) is 0 Å². The Morgan fingerprint density at radius 3 is 2.25 bits per heavy atom. The number of hydrogen-bond acceptors (Lipinski definition) is 3. The van der Waals surface area contributed by atoms with E-state index in [-0.39, 0.29) is 11.9 Å². The van der Waals surface area contributed by atoms with Crippen LogP contribution < -0.4 is 5.32 Å². The topological polar surface area (TPSA) is 55.4 Å². The highest BCUT2D eigenvalue weighted by Crippen LogP contribution is 2.10. The molecule has 0 rings (SSSR count). The lowest BCUT2D eigenvalue weighted by Gasteiger charge is -2.19. The maximum absolute atomic E-state index is 11.3. The van der Waals surface area contributed by atoms with Crippen LogP contribution in [-0.4, -0.2) is 24.0 Å². The second kappa shape index (κ2) is 7.25. The summed E-state index contributed by atoms with van der Waals surface area (Å²) >= 11 is 0. The number of esters is 1. The van der Waals surface area contributed by atoms with Gasteiger partial charge in [0.15, 0.2) is 0 Å². The summed E-state index contributed by atoms with van der Waals surface area (Å²) in [7, 11) is 0. The lowest BCUT2D eigenvalue weighted by Crippen LogP contribution is -2.23. The van der Waals surface area contributed by atoms with Crippen molar-refractivity contribution in [2.24, 2.45) is 0 Å². The number of carbonyl (C=O) groups excluding carboxylic acids is 2. The first kappa shape index (κ1) is 14.9. The Balaban J connectivity index is 3.38. The van der Waals surface area contributed by atoms with Gasteiger partial charge in [0.2, 0.25) is 5.91 Å². The molecule has 16 heavy (non-hydrogen) atoms. The molecule has 0 aromatic carbocycles. The van der Waals surface area contributed by atoms with Gasteiger partial charge in [0.25, 0.3) is 0 Å². The Bertz CT molecular complexity index is 231. The molecule has 0 aromatic rings. The Morgan fingerprint density at radius 2 is 1.75 bits per heavy atom. The fourth-order valence-electron chi connectivity index (χ4n) is 1.23. The Kier molecular flexibility index (Phi) is 6.77. The third kappa shape index (κ3) is 11.0. The van der Waals surface area contributed by atoms with E-state index in [9.17, 15) is 9.59 Å². The number of unbranched alkanes of at least 4 members (excludes halogenated alkanes) is 2. The summed E-state index contributed by atoms with van der Waals surface area (Å²) in [4.78, 5) is 21.9. The molecule has 0 fully saturated rings. The number of carbonyl (C=O) groups is 2. The van der Waals surface area contributed by atoms with Gasteiger partial charge in [0.05, 0.1) is 0 Å². The number of hydrogen-bond donors (Lipinski definition) is 1. The number of ether oxygens (including phenoxy) is 1. The summed E-state index contributed by atoms with van der Waals surface area (Å²) in [6, 6.07) is 0. The van der Waals surface area contributed by atoms with Crippen molar-refractivity contribution in [3.05, 3.63) is 0 Å². The molecule has 1 amide bonds. The fraction of sp³-hybridized carbons (Fsp3) is 0.833. The van der Waals surface area contributed by atoms with E-state index in [4.69, 9.17) is 4.74 Å². The summed E-state index contributed by atoms with van der Waals surface area (Å²) in [5.74, 6) is -0.154. The zero-order chi connectivity index (χ0) is 12.6. The van der Waals surface area contributed by atoms with E-state index in [1.165, 1.54) is 6.92 Å². The molecular formula is C12H23NO3. The molecule has 0 bridgehead atoms. The van der Waals surface area contributed by atoms with Gasteiger partial charge in [0.1, 0.15) is 5.60 Å². The van der Waals surface area contributed by atoms with Gasteiger partial charge in [-0.2, -0.15) is 0 Å². The minimum Gasteiger partial charge on any atom is -0.460 e. The SMILES string of the molecule is CC(=O)NCCCCCC(=O)OC(C)(C)C. The van der Waals surface area contributed by atoms with Crippen LogP contribution in [0.3, 0.4) is 0 Å². The predicted molar refractivity (Wildman–Crippen MR) is 63.0 cm³/mol. The minimum atomic E-state index is -0.396. The van der Waals surface area contributed by atoms with Crippen LogP contribution in [0.25, 0.3) is 0 Å². The van der Waals surface area contributed by atoms with Crippen molar-refractivity contribution in [3.63, 3.8) is 0 Å². The van der Waals surface area contributed by atoms with Crippen molar-refractivity contribution < 1.29 is 14.3 Å². The van der Waals surface area contributed by atoms with Gasteiger partial charge in [-0.1, -0.05) is 6.42 Å². The van der Waals surface area contributed by atoms with Gasteiger partial charge in [-0.05, 0) is 33.6 Å². The lowest BCUT2D eigenvalue weighted by molar-refractivity contribution is -0.154. The molecule has 0 aliphatic carbocycles. The Labute approximate surface area is 97.7 Å².